The molecule has 0 aromatic rings. The molecule has 2 unspecified atom stereocenters. The lowest BCUT2D eigenvalue weighted by atomic mass is 9.84. The van der Waals surface area contributed by atoms with E-state index in [1.807, 2.05) is 0 Å². The summed E-state index contributed by atoms with van der Waals surface area (Å²) in [6, 6.07) is 0. The predicted molar refractivity (Wildman–Crippen MR) is 69.4 cm³/mol. The van der Waals surface area contributed by atoms with Crippen LogP contribution in [0.15, 0.2) is 12.7 Å². The molecule has 0 aromatic heterocycles. The topological polar surface area (TPSA) is 17.1 Å². The summed E-state index contributed by atoms with van der Waals surface area (Å²) in [4.78, 5) is 11.7. The smallest absolute Gasteiger partial charge is 0.133 e. The maximum atomic E-state index is 11.7. The van der Waals surface area contributed by atoms with Gasteiger partial charge in [0, 0.05) is 12.8 Å². The van der Waals surface area contributed by atoms with E-state index >= 15 is 0 Å². The van der Waals surface area contributed by atoms with E-state index in [-0.39, 0.29) is 0 Å². The average molecular weight is 222 g/mol. The molecule has 2 atom stereocenters. The number of ketones is 1. The van der Waals surface area contributed by atoms with Crippen LogP contribution in [0.3, 0.4) is 0 Å². The molecule has 92 valence electrons. The van der Waals surface area contributed by atoms with Gasteiger partial charge in [0.05, 0.1) is 0 Å². The van der Waals surface area contributed by atoms with Gasteiger partial charge in [0.1, 0.15) is 5.78 Å². The Morgan fingerprint density at radius 1 is 1.12 bits per heavy atom. The molecule has 1 aliphatic carbocycles. The lowest BCUT2D eigenvalue weighted by Gasteiger charge is -2.20. The Kier molecular flexibility index (Phi) is 6.44. The van der Waals surface area contributed by atoms with Gasteiger partial charge in [0.25, 0.3) is 0 Å². The lowest BCUT2D eigenvalue weighted by Crippen LogP contribution is -2.14. The molecule has 1 saturated carbocycles. The van der Waals surface area contributed by atoms with Gasteiger partial charge >= 0.3 is 0 Å². The monoisotopic (exact) mass is 222 g/mol. The van der Waals surface area contributed by atoms with Crippen LogP contribution in [0.1, 0.15) is 64.7 Å². The van der Waals surface area contributed by atoms with Crippen LogP contribution in [0, 0.1) is 11.8 Å². The molecule has 1 rings (SSSR count). The second kappa shape index (κ2) is 7.65. The summed E-state index contributed by atoms with van der Waals surface area (Å²) in [5.74, 6) is 1.49. The summed E-state index contributed by atoms with van der Waals surface area (Å²) in [7, 11) is 0. The second-order valence-corrected chi connectivity index (χ2v) is 5.28. The minimum Gasteiger partial charge on any atom is -0.300 e. The minimum atomic E-state index is 0.458. The first-order valence-corrected chi connectivity index (χ1v) is 6.88. The Morgan fingerprint density at radius 3 is 2.44 bits per heavy atom. The Morgan fingerprint density at radius 2 is 1.75 bits per heavy atom. The molecule has 0 bridgehead atoms. The average Bonchev–Trinajstić information content (AvgIpc) is 2.25. The number of allylic oxidation sites excluding steroid dienone is 1. The van der Waals surface area contributed by atoms with Crippen molar-refractivity contribution >= 4 is 5.78 Å². The van der Waals surface area contributed by atoms with Crippen molar-refractivity contribution < 1.29 is 4.79 Å². The molecule has 0 amide bonds. The normalized spacial score (nSPS) is 30.2. The lowest BCUT2D eigenvalue weighted by molar-refractivity contribution is -0.120. The van der Waals surface area contributed by atoms with E-state index < -0.39 is 0 Å². The summed E-state index contributed by atoms with van der Waals surface area (Å²) in [6.45, 7) is 6.12. The Balaban J connectivity index is 2.48. The van der Waals surface area contributed by atoms with Gasteiger partial charge in [0.2, 0.25) is 0 Å². The standard InChI is InChI=1S/C15H26O/c1-3-14-10-8-6-4-5-7-9-11-15(16)12-13(14)2/h3,13-14H,1,4-12H2,2H3. The Bertz CT molecular complexity index is 219. The number of hydrogen-bond donors (Lipinski definition) is 0. The Hall–Kier alpha value is -0.590. The molecule has 0 aromatic carbocycles. The highest BCUT2D eigenvalue weighted by Gasteiger charge is 2.17. The predicted octanol–water partition coefficient (Wildman–Crippen LogP) is 4.52. The van der Waals surface area contributed by atoms with Crippen molar-refractivity contribution in [1.82, 2.24) is 0 Å². The van der Waals surface area contributed by atoms with E-state index in [9.17, 15) is 4.79 Å². The third-order valence-electron chi connectivity index (χ3n) is 3.83. The van der Waals surface area contributed by atoms with E-state index in [1.54, 1.807) is 0 Å². The highest BCUT2D eigenvalue weighted by atomic mass is 16.1. The van der Waals surface area contributed by atoms with Crippen molar-refractivity contribution in [3.8, 4) is 0 Å². The molecular formula is C15H26O. The van der Waals surface area contributed by atoms with Gasteiger partial charge in [0.15, 0.2) is 0 Å². The van der Waals surface area contributed by atoms with E-state index in [2.05, 4.69) is 19.6 Å². The summed E-state index contributed by atoms with van der Waals surface area (Å²) >= 11 is 0. The summed E-state index contributed by atoms with van der Waals surface area (Å²) < 4.78 is 0. The molecule has 0 heterocycles. The molecule has 1 aliphatic rings. The van der Waals surface area contributed by atoms with Crippen LogP contribution in [0.4, 0.5) is 0 Å². The van der Waals surface area contributed by atoms with Crippen LogP contribution in [0.2, 0.25) is 0 Å². The van der Waals surface area contributed by atoms with Gasteiger partial charge in [-0.1, -0.05) is 45.1 Å². The first-order chi connectivity index (χ1) is 7.74. The maximum Gasteiger partial charge on any atom is 0.133 e. The number of carbonyl (C=O) groups is 1. The van der Waals surface area contributed by atoms with Gasteiger partial charge in [-0.05, 0) is 24.7 Å². The van der Waals surface area contributed by atoms with Crippen LogP contribution in [0.5, 0.6) is 0 Å². The molecule has 0 saturated heterocycles. The zero-order chi connectivity index (χ0) is 11.8. The zero-order valence-corrected chi connectivity index (χ0v) is 10.7. The first kappa shape index (κ1) is 13.5. The highest BCUT2D eigenvalue weighted by molar-refractivity contribution is 5.78. The van der Waals surface area contributed by atoms with E-state index in [1.165, 1.54) is 38.5 Å². The molecule has 1 fully saturated rings. The molecule has 0 radical (unpaired) electrons. The van der Waals surface area contributed by atoms with Crippen molar-refractivity contribution in [3.05, 3.63) is 12.7 Å². The summed E-state index contributed by atoms with van der Waals surface area (Å²) in [6.07, 6.45) is 12.5. The quantitative estimate of drug-likeness (QED) is 0.596. The van der Waals surface area contributed by atoms with Crippen LogP contribution in [-0.2, 0) is 4.79 Å². The van der Waals surface area contributed by atoms with Crippen LogP contribution in [-0.4, -0.2) is 5.78 Å². The maximum absolute atomic E-state index is 11.7. The number of hydrogen-bond acceptors (Lipinski definition) is 1. The number of carbonyl (C=O) groups excluding carboxylic acids is 1. The van der Waals surface area contributed by atoms with Crippen LogP contribution >= 0.6 is 0 Å². The van der Waals surface area contributed by atoms with Gasteiger partial charge in [-0.25, -0.2) is 0 Å². The van der Waals surface area contributed by atoms with Crippen molar-refractivity contribution in [2.75, 3.05) is 0 Å². The first-order valence-electron chi connectivity index (χ1n) is 6.88. The second-order valence-electron chi connectivity index (χ2n) is 5.28. The van der Waals surface area contributed by atoms with Gasteiger partial charge in [-0.3, -0.25) is 4.79 Å². The molecule has 0 spiro atoms. The van der Waals surface area contributed by atoms with Crippen molar-refractivity contribution in [1.29, 1.82) is 0 Å². The van der Waals surface area contributed by atoms with Gasteiger partial charge < -0.3 is 0 Å². The zero-order valence-electron chi connectivity index (χ0n) is 10.7. The summed E-state index contributed by atoms with van der Waals surface area (Å²) in [5, 5.41) is 0. The molecular weight excluding hydrogens is 196 g/mol. The molecule has 1 heteroatoms. The van der Waals surface area contributed by atoms with Crippen molar-refractivity contribution in [3.63, 3.8) is 0 Å². The fourth-order valence-corrected chi connectivity index (χ4v) is 2.66. The number of Topliss-reactive ketones (excluding diaryl/α,β-unsaturated/α-hetero) is 1. The van der Waals surface area contributed by atoms with E-state index in [0.29, 0.717) is 17.6 Å². The van der Waals surface area contributed by atoms with Crippen LogP contribution < -0.4 is 0 Å². The fourth-order valence-electron chi connectivity index (χ4n) is 2.66. The fraction of sp³-hybridized carbons (Fsp3) is 0.800. The third kappa shape index (κ3) is 4.96. The molecule has 1 nitrogen and oxygen atoms in total. The van der Waals surface area contributed by atoms with Gasteiger partial charge in [-0.15, -0.1) is 6.58 Å². The summed E-state index contributed by atoms with van der Waals surface area (Å²) in [5.41, 5.74) is 0. The molecule has 0 aliphatic heterocycles. The highest BCUT2D eigenvalue weighted by Crippen LogP contribution is 2.25. The molecule has 0 N–H and O–H groups in total. The van der Waals surface area contributed by atoms with Crippen LogP contribution in [0.25, 0.3) is 0 Å². The minimum absolute atomic E-state index is 0.458. The largest absolute Gasteiger partial charge is 0.300 e. The van der Waals surface area contributed by atoms with E-state index in [4.69, 9.17) is 0 Å². The van der Waals surface area contributed by atoms with Gasteiger partial charge in [-0.2, -0.15) is 0 Å². The Labute approximate surface area is 100 Å². The SMILES string of the molecule is C=CC1CCCCCCCCC(=O)CC1C. The van der Waals surface area contributed by atoms with E-state index in [0.717, 1.165) is 19.3 Å². The third-order valence-corrected chi connectivity index (χ3v) is 3.83. The van der Waals surface area contributed by atoms with Crippen molar-refractivity contribution in [2.45, 2.75) is 64.7 Å². The molecule has 16 heavy (non-hydrogen) atoms. The number of rotatable bonds is 1. The van der Waals surface area contributed by atoms with Crippen molar-refractivity contribution in [2.24, 2.45) is 11.8 Å².